The number of thiazole rings is 1. The van der Waals surface area contributed by atoms with E-state index in [1.165, 1.54) is 11.3 Å². The number of benzene rings is 1. The first kappa shape index (κ1) is 23.9. The third kappa shape index (κ3) is 6.87. The number of fused-ring (bicyclic) bond motifs is 3. The number of ether oxygens (including phenoxy) is 1. The molecule has 0 spiro atoms. The van der Waals surface area contributed by atoms with Gasteiger partial charge in [-0.1, -0.05) is 30.3 Å². The number of aliphatic carboxylic acids is 2. The van der Waals surface area contributed by atoms with Crippen LogP contribution in [0.25, 0.3) is 10.4 Å². The Labute approximate surface area is 196 Å². The zero-order valence-corrected chi connectivity index (χ0v) is 19.3. The Morgan fingerprint density at radius 1 is 1.12 bits per heavy atom. The Kier molecular flexibility index (Phi) is 8.37. The maximum atomic E-state index is 12.3. The van der Waals surface area contributed by atoms with Gasteiger partial charge in [-0.25, -0.2) is 19.4 Å². The van der Waals surface area contributed by atoms with Gasteiger partial charge in [-0.2, -0.15) is 0 Å². The molecular formula is C21H22BrN3O6S. The average molecular weight is 524 g/mol. The number of halogens is 1. The smallest absolute Gasteiger partial charge is 0.413 e. The van der Waals surface area contributed by atoms with Crippen LogP contribution in [-0.2, 0) is 14.3 Å². The van der Waals surface area contributed by atoms with Gasteiger partial charge in [-0.05, 0) is 53.3 Å². The maximum absolute atomic E-state index is 12.3. The van der Waals surface area contributed by atoms with Gasteiger partial charge in [-0.3, -0.25) is 10.2 Å². The molecule has 1 amide bonds. The van der Waals surface area contributed by atoms with Crippen molar-refractivity contribution in [1.29, 1.82) is 0 Å². The first-order chi connectivity index (χ1) is 15.3. The van der Waals surface area contributed by atoms with Crippen LogP contribution in [0.15, 0.2) is 46.4 Å². The summed E-state index contributed by atoms with van der Waals surface area (Å²) in [7, 11) is 0. The van der Waals surface area contributed by atoms with E-state index in [2.05, 4.69) is 31.1 Å². The third-order valence-corrected chi connectivity index (χ3v) is 6.64. The summed E-state index contributed by atoms with van der Waals surface area (Å²) in [5.74, 6) is -1.47. The van der Waals surface area contributed by atoms with Crippen LogP contribution in [-0.4, -0.2) is 63.9 Å². The van der Waals surface area contributed by atoms with Crippen LogP contribution in [0.5, 0.6) is 0 Å². The molecule has 0 radical (unpaired) electrons. The van der Waals surface area contributed by atoms with Crippen molar-refractivity contribution in [3.8, 4) is 10.4 Å². The fourth-order valence-electron chi connectivity index (χ4n) is 3.61. The van der Waals surface area contributed by atoms with E-state index in [0.29, 0.717) is 23.9 Å². The first-order valence-electron chi connectivity index (χ1n) is 9.87. The van der Waals surface area contributed by atoms with Gasteiger partial charge in [-0.15, -0.1) is 11.3 Å². The monoisotopic (exact) mass is 523 g/mol. The number of anilines is 1. The van der Waals surface area contributed by atoms with Gasteiger partial charge in [0.05, 0.1) is 4.88 Å². The molecule has 3 N–H and O–H groups in total. The molecule has 170 valence electrons. The number of amides is 1. The van der Waals surface area contributed by atoms with E-state index in [1.54, 1.807) is 0 Å². The van der Waals surface area contributed by atoms with Crippen LogP contribution in [0.3, 0.4) is 0 Å². The number of nitrogens with one attached hydrogen (secondary N) is 1. The summed E-state index contributed by atoms with van der Waals surface area (Å²) in [4.78, 5) is 39.1. The molecule has 0 aliphatic carbocycles. The first-order valence-corrected chi connectivity index (χ1v) is 11.5. The number of carboxylic acids is 2. The van der Waals surface area contributed by atoms with Crippen LogP contribution in [0.4, 0.5) is 10.6 Å². The minimum atomic E-state index is -1.26. The minimum Gasteiger partial charge on any atom is -0.478 e. The van der Waals surface area contributed by atoms with Crippen molar-refractivity contribution in [3.63, 3.8) is 0 Å². The average Bonchev–Trinajstić information content (AvgIpc) is 3.14. The molecule has 5 rings (SSSR count). The fourth-order valence-corrected chi connectivity index (χ4v) is 5.03. The lowest BCUT2D eigenvalue weighted by Gasteiger charge is -2.43. The van der Waals surface area contributed by atoms with E-state index >= 15 is 0 Å². The largest absolute Gasteiger partial charge is 0.478 e. The molecule has 1 atom stereocenters. The second-order valence-corrected chi connectivity index (χ2v) is 9.50. The van der Waals surface area contributed by atoms with Gasteiger partial charge < -0.3 is 14.9 Å². The number of rotatable bonds is 5. The number of carboxylic acid groups (broad SMARTS) is 2. The Balaban J connectivity index is 0.000000312. The van der Waals surface area contributed by atoms with Gasteiger partial charge >= 0.3 is 18.0 Å². The lowest BCUT2D eigenvalue weighted by atomic mass is 9.86. The summed E-state index contributed by atoms with van der Waals surface area (Å²) in [5.41, 5.74) is 1.03. The second-order valence-electron chi connectivity index (χ2n) is 7.23. The zero-order chi connectivity index (χ0) is 23.1. The molecule has 11 heteroatoms. The van der Waals surface area contributed by atoms with Crippen molar-refractivity contribution in [2.45, 2.75) is 18.9 Å². The number of piperidine rings is 3. The van der Waals surface area contributed by atoms with Gasteiger partial charge in [0, 0.05) is 18.7 Å². The Morgan fingerprint density at radius 2 is 1.75 bits per heavy atom. The normalized spacial score (nSPS) is 21.5. The molecule has 1 aromatic carbocycles. The van der Waals surface area contributed by atoms with Gasteiger partial charge in [0.15, 0.2) is 9.73 Å². The van der Waals surface area contributed by atoms with E-state index in [-0.39, 0.29) is 6.10 Å². The van der Waals surface area contributed by atoms with Gasteiger partial charge in [0.2, 0.25) is 0 Å². The van der Waals surface area contributed by atoms with Gasteiger partial charge in [0.25, 0.3) is 0 Å². The summed E-state index contributed by atoms with van der Waals surface area (Å²) >= 11 is 4.90. The summed E-state index contributed by atoms with van der Waals surface area (Å²) in [6.07, 6.45) is 2.94. The zero-order valence-electron chi connectivity index (χ0n) is 16.9. The van der Waals surface area contributed by atoms with Crippen LogP contribution < -0.4 is 5.32 Å². The predicted octanol–water partition coefficient (Wildman–Crippen LogP) is 3.93. The highest BCUT2D eigenvalue weighted by atomic mass is 79.9. The van der Waals surface area contributed by atoms with Crippen molar-refractivity contribution >= 4 is 51.1 Å². The molecule has 3 saturated heterocycles. The lowest BCUT2D eigenvalue weighted by molar-refractivity contribution is -0.134. The highest BCUT2D eigenvalue weighted by Gasteiger charge is 2.36. The molecule has 1 aromatic heterocycles. The van der Waals surface area contributed by atoms with Crippen LogP contribution in [0.1, 0.15) is 12.8 Å². The van der Waals surface area contributed by atoms with Gasteiger partial charge in [0.1, 0.15) is 6.10 Å². The number of nitrogens with zero attached hydrogens (tertiary/aromatic N) is 2. The molecule has 3 aliphatic rings. The van der Waals surface area contributed by atoms with E-state index in [9.17, 15) is 14.4 Å². The highest BCUT2D eigenvalue weighted by Crippen LogP contribution is 2.36. The molecule has 4 heterocycles. The van der Waals surface area contributed by atoms with E-state index in [0.717, 1.165) is 46.8 Å². The molecule has 9 nitrogen and oxygen atoms in total. The molecule has 2 bridgehead atoms. The molecule has 3 fully saturated rings. The second kappa shape index (κ2) is 11.2. The van der Waals surface area contributed by atoms with E-state index in [1.807, 2.05) is 30.3 Å². The van der Waals surface area contributed by atoms with Crippen molar-refractivity contribution in [3.05, 3.63) is 46.4 Å². The van der Waals surface area contributed by atoms with Crippen LogP contribution in [0, 0.1) is 5.92 Å². The van der Waals surface area contributed by atoms with Crippen molar-refractivity contribution in [1.82, 2.24) is 9.88 Å². The topological polar surface area (TPSA) is 129 Å². The number of hydrogen-bond acceptors (Lipinski definition) is 7. The summed E-state index contributed by atoms with van der Waals surface area (Å²) in [5, 5.41) is 18.5. The summed E-state index contributed by atoms with van der Waals surface area (Å²) in [6.45, 7) is 3.11. The summed E-state index contributed by atoms with van der Waals surface area (Å²) in [6, 6.07) is 9.92. The molecular weight excluding hydrogens is 502 g/mol. The highest BCUT2D eigenvalue weighted by molar-refractivity contribution is 9.11. The SMILES string of the molecule is O=C(Nc1nc(Br)sc1-c1ccccc1)O[C@H]1CN2CCC1CC2.O=C(O)/C=C/C(=O)O. The van der Waals surface area contributed by atoms with Crippen molar-refractivity contribution in [2.75, 3.05) is 25.0 Å². The Hall–Kier alpha value is -2.76. The standard InChI is InChI=1S/C17H18BrN3O2S.C4H4O4/c18-16-19-15(14(24-16)12-4-2-1-3-5-12)20-17(22)23-13-10-21-8-6-11(13)7-9-21;5-3(6)1-2-4(7)8/h1-5,11,13H,6-10H2,(H,20,22);1-2H,(H,5,6)(H,7,8)/b;2-1+/t13-;/m0./s1. The number of aromatic nitrogens is 1. The molecule has 0 saturated carbocycles. The van der Waals surface area contributed by atoms with Crippen LogP contribution in [0.2, 0.25) is 0 Å². The Morgan fingerprint density at radius 3 is 2.28 bits per heavy atom. The van der Waals surface area contributed by atoms with Crippen molar-refractivity contribution in [2.24, 2.45) is 5.92 Å². The number of hydrogen-bond donors (Lipinski definition) is 3. The molecule has 0 unspecified atom stereocenters. The fraction of sp³-hybridized carbons (Fsp3) is 0.333. The van der Waals surface area contributed by atoms with Crippen molar-refractivity contribution < 1.29 is 29.3 Å². The third-order valence-electron chi connectivity index (χ3n) is 5.08. The number of carbonyl (C=O) groups excluding carboxylic acids is 1. The molecule has 3 aliphatic heterocycles. The van der Waals surface area contributed by atoms with Crippen LogP contribution >= 0.6 is 27.3 Å². The quantitative estimate of drug-likeness (QED) is 0.502. The lowest BCUT2D eigenvalue weighted by Crippen LogP contribution is -2.52. The Bertz CT molecular complexity index is 973. The molecule has 32 heavy (non-hydrogen) atoms. The van der Waals surface area contributed by atoms with E-state index in [4.69, 9.17) is 14.9 Å². The van der Waals surface area contributed by atoms with E-state index < -0.39 is 18.0 Å². The predicted molar refractivity (Wildman–Crippen MR) is 123 cm³/mol. The summed E-state index contributed by atoms with van der Waals surface area (Å²) < 4.78 is 6.42. The number of carbonyl (C=O) groups is 3. The maximum Gasteiger partial charge on any atom is 0.413 e. The minimum absolute atomic E-state index is 0.00486. The molecule has 2 aromatic rings.